The van der Waals surface area contributed by atoms with Crippen LogP contribution >= 0.6 is 27.3 Å². The first-order valence-corrected chi connectivity index (χ1v) is 6.86. The molecule has 0 bridgehead atoms. The lowest BCUT2D eigenvalue weighted by Gasteiger charge is -2.02. The first kappa shape index (κ1) is 13.7. The molecule has 0 radical (unpaired) electrons. The van der Waals surface area contributed by atoms with Crippen LogP contribution in [0.15, 0.2) is 43.3 Å². The Labute approximate surface area is 120 Å². The first-order chi connectivity index (χ1) is 8.97. The fraction of sp³-hybridized carbons (Fsp3) is 0.0833. The number of aromatic hydroxyl groups is 1. The van der Waals surface area contributed by atoms with Gasteiger partial charge in [-0.15, -0.1) is 0 Å². The summed E-state index contributed by atoms with van der Waals surface area (Å²) < 4.78 is 0.859. The molecule has 1 heterocycles. The van der Waals surface area contributed by atoms with Crippen LogP contribution in [0, 0.1) is 0 Å². The van der Waals surface area contributed by atoms with Gasteiger partial charge in [-0.05, 0) is 36.5 Å². The Morgan fingerprint density at radius 1 is 1.42 bits per heavy atom. The van der Waals surface area contributed by atoms with E-state index >= 15 is 0 Å². The smallest absolute Gasteiger partial charge is 0.310 e. The van der Waals surface area contributed by atoms with Gasteiger partial charge in [-0.2, -0.15) is 0 Å². The summed E-state index contributed by atoms with van der Waals surface area (Å²) in [6, 6.07) is 7.21. The minimum Gasteiger partial charge on any atom is -0.499 e. The Bertz CT molecular complexity index is 764. The molecule has 0 aliphatic carbocycles. The second-order valence-electron chi connectivity index (χ2n) is 3.70. The SMILES string of the molecule is CC(=Nc1cccc(Br)c1)c1c(O)sc(=O)[nH]c1=O. The molecule has 2 aromatic rings. The first-order valence-electron chi connectivity index (χ1n) is 5.25. The third kappa shape index (κ3) is 3.18. The highest BCUT2D eigenvalue weighted by Gasteiger charge is 2.12. The molecule has 19 heavy (non-hydrogen) atoms. The number of aliphatic imine (C=N–C) groups is 1. The normalized spacial score (nSPS) is 11.6. The molecular formula is C12H9BrN2O3S. The van der Waals surface area contributed by atoms with Crippen LogP contribution in [0.25, 0.3) is 0 Å². The molecule has 0 saturated heterocycles. The zero-order valence-electron chi connectivity index (χ0n) is 9.81. The van der Waals surface area contributed by atoms with Gasteiger partial charge >= 0.3 is 4.87 Å². The van der Waals surface area contributed by atoms with Gasteiger partial charge in [0.25, 0.3) is 5.56 Å². The summed E-state index contributed by atoms with van der Waals surface area (Å²) in [5.41, 5.74) is 0.358. The largest absolute Gasteiger partial charge is 0.499 e. The third-order valence-corrected chi connectivity index (χ3v) is 3.49. The standard InChI is InChI=1S/C12H9BrN2O3S/c1-6(14-8-4-2-3-7(13)5-8)9-10(16)15-12(18)19-11(9)17/h2-5,17H,1H3,(H,15,16,18). The van der Waals surface area contributed by atoms with Gasteiger partial charge in [0.2, 0.25) is 0 Å². The predicted octanol–water partition coefficient (Wildman–Crippen LogP) is 2.41. The summed E-state index contributed by atoms with van der Waals surface area (Å²) in [5.74, 6) is 0. The molecule has 2 N–H and O–H groups in total. The van der Waals surface area contributed by atoms with Crippen LogP contribution in [0.5, 0.6) is 5.06 Å². The van der Waals surface area contributed by atoms with E-state index in [1.165, 1.54) is 0 Å². The molecule has 5 nitrogen and oxygen atoms in total. The predicted molar refractivity (Wildman–Crippen MR) is 78.9 cm³/mol. The maximum Gasteiger partial charge on any atom is 0.310 e. The highest BCUT2D eigenvalue weighted by Crippen LogP contribution is 2.21. The lowest BCUT2D eigenvalue weighted by Crippen LogP contribution is -2.22. The van der Waals surface area contributed by atoms with E-state index in [4.69, 9.17) is 0 Å². The summed E-state index contributed by atoms with van der Waals surface area (Å²) in [6.07, 6.45) is 0. The summed E-state index contributed by atoms with van der Waals surface area (Å²) in [7, 11) is 0. The minimum atomic E-state index is -0.641. The number of aromatic amines is 1. The number of H-pyrrole nitrogens is 1. The van der Waals surface area contributed by atoms with E-state index in [0.717, 1.165) is 4.47 Å². The Kier molecular flexibility index (Phi) is 3.96. The monoisotopic (exact) mass is 340 g/mol. The fourth-order valence-electron chi connectivity index (χ4n) is 1.53. The summed E-state index contributed by atoms with van der Waals surface area (Å²) in [5, 5.41) is 9.35. The Hall–Kier alpha value is -1.73. The van der Waals surface area contributed by atoms with E-state index in [0.29, 0.717) is 22.7 Å². The number of nitrogens with one attached hydrogen (secondary N) is 1. The van der Waals surface area contributed by atoms with Gasteiger partial charge in [0.15, 0.2) is 5.06 Å². The van der Waals surface area contributed by atoms with Crippen molar-refractivity contribution in [2.75, 3.05) is 0 Å². The van der Waals surface area contributed by atoms with Gasteiger partial charge in [0.05, 0.1) is 11.4 Å². The van der Waals surface area contributed by atoms with E-state index < -0.39 is 10.4 Å². The van der Waals surface area contributed by atoms with Crippen molar-refractivity contribution in [1.29, 1.82) is 0 Å². The van der Waals surface area contributed by atoms with Crippen molar-refractivity contribution in [2.45, 2.75) is 6.92 Å². The highest BCUT2D eigenvalue weighted by molar-refractivity contribution is 9.10. The topological polar surface area (TPSA) is 82.5 Å². The Morgan fingerprint density at radius 2 is 2.16 bits per heavy atom. The molecule has 1 aromatic heterocycles. The van der Waals surface area contributed by atoms with Crippen LogP contribution in [0.4, 0.5) is 5.69 Å². The van der Waals surface area contributed by atoms with Gasteiger partial charge < -0.3 is 5.11 Å². The number of nitrogens with zero attached hydrogens (tertiary/aromatic N) is 1. The number of hydrogen-bond donors (Lipinski definition) is 2. The molecule has 0 atom stereocenters. The van der Waals surface area contributed by atoms with Crippen LogP contribution in [0.1, 0.15) is 12.5 Å². The van der Waals surface area contributed by atoms with Crippen LogP contribution in [-0.4, -0.2) is 15.8 Å². The van der Waals surface area contributed by atoms with Crippen molar-refractivity contribution in [3.05, 3.63) is 54.3 Å². The number of rotatable bonds is 2. The molecule has 0 saturated carbocycles. The van der Waals surface area contributed by atoms with Crippen molar-refractivity contribution >= 4 is 38.7 Å². The van der Waals surface area contributed by atoms with Crippen LogP contribution in [0.2, 0.25) is 0 Å². The molecule has 7 heteroatoms. The second-order valence-corrected chi connectivity index (χ2v) is 5.58. The van der Waals surface area contributed by atoms with E-state index in [2.05, 4.69) is 25.9 Å². The van der Waals surface area contributed by atoms with E-state index in [1.807, 2.05) is 12.1 Å². The number of benzene rings is 1. The molecule has 0 amide bonds. The fourth-order valence-corrected chi connectivity index (χ4v) is 2.58. The van der Waals surface area contributed by atoms with Crippen LogP contribution < -0.4 is 10.4 Å². The Balaban J connectivity index is 2.54. The molecule has 0 fully saturated rings. The number of aromatic nitrogens is 1. The van der Waals surface area contributed by atoms with E-state index in [1.54, 1.807) is 19.1 Å². The minimum absolute atomic E-state index is 0.0181. The zero-order valence-corrected chi connectivity index (χ0v) is 12.2. The lowest BCUT2D eigenvalue weighted by molar-refractivity contribution is 0.487. The van der Waals surface area contributed by atoms with Crippen molar-refractivity contribution in [3.63, 3.8) is 0 Å². The van der Waals surface area contributed by atoms with Gasteiger partial charge in [0, 0.05) is 4.47 Å². The highest BCUT2D eigenvalue weighted by atomic mass is 79.9. The maximum atomic E-state index is 11.7. The van der Waals surface area contributed by atoms with Gasteiger partial charge in [-0.3, -0.25) is 19.6 Å². The zero-order chi connectivity index (χ0) is 14.0. The van der Waals surface area contributed by atoms with Crippen molar-refractivity contribution < 1.29 is 5.11 Å². The summed E-state index contributed by atoms with van der Waals surface area (Å²) >= 11 is 3.89. The molecular weight excluding hydrogens is 332 g/mol. The van der Waals surface area contributed by atoms with E-state index in [9.17, 15) is 14.7 Å². The van der Waals surface area contributed by atoms with Crippen LogP contribution in [0.3, 0.4) is 0 Å². The van der Waals surface area contributed by atoms with E-state index in [-0.39, 0.29) is 10.6 Å². The molecule has 0 spiro atoms. The molecule has 0 unspecified atom stereocenters. The summed E-state index contributed by atoms with van der Waals surface area (Å²) in [4.78, 5) is 28.5. The van der Waals surface area contributed by atoms with Gasteiger partial charge in [0.1, 0.15) is 5.56 Å². The molecule has 1 aromatic carbocycles. The second kappa shape index (κ2) is 5.50. The average molecular weight is 341 g/mol. The quantitative estimate of drug-likeness (QED) is 0.823. The number of halogens is 1. The van der Waals surface area contributed by atoms with Gasteiger partial charge in [-0.1, -0.05) is 22.0 Å². The van der Waals surface area contributed by atoms with Gasteiger partial charge in [-0.25, -0.2) is 0 Å². The summed E-state index contributed by atoms with van der Waals surface area (Å²) in [6.45, 7) is 1.60. The maximum absolute atomic E-state index is 11.7. The van der Waals surface area contributed by atoms with Crippen LogP contribution in [-0.2, 0) is 0 Å². The molecule has 2 rings (SSSR count). The lowest BCUT2D eigenvalue weighted by atomic mass is 10.2. The number of hydrogen-bond acceptors (Lipinski definition) is 5. The average Bonchev–Trinajstić information content (AvgIpc) is 2.27. The molecule has 0 aliphatic rings. The molecule has 98 valence electrons. The molecule has 0 aliphatic heterocycles. The van der Waals surface area contributed by atoms with Crippen molar-refractivity contribution in [2.24, 2.45) is 4.99 Å². The van der Waals surface area contributed by atoms with Crippen molar-refractivity contribution in [3.8, 4) is 5.06 Å². The van der Waals surface area contributed by atoms with Crippen molar-refractivity contribution in [1.82, 2.24) is 4.98 Å². The Morgan fingerprint density at radius 3 is 2.79 bits per heavy atom. The third-order valence-electron chi connectivity index (χ3n) is 2.31.